The number of nitrogens with zero attached hydrogens (tertiary/aromatic N) is 1. The summed E-state index contributed by atoms with van der Waals surface area (Å²) in [5.74, 6) is -3.74. The molecule has 2 aromatic carbocycles. The lowest BCUT2D eigenvalue weighted by Crippen LogP contribution is -2.67. The van der Waals surface area contributed by atoms with Crippen LogP contribution in [0.25, 0.3) is 0 Å². The van der Waals surface area contributed by atoms with Crippen LogP contribution in [0.4, 0.5) is 24.5 Å². The van der Waals surface area contributed by atoms with Crippen LogP contribution in [-0.4, -0.2) is 59.4 Å². The number of aliphatic hydroxyl groups excluding tert-OH is 1. The molecule has 3 rings (SSSR count). The zero-order chi connectivity index (χ0) is 21.9. The van der Waals surface area contributed by atoms with E-state index in [-0.39, 0.29) is 37.5 Å². The average Bonchev–Trinajstić information content (AvgIpc) is 2.68. The molecule has 0 bridgehead atoms. The van der Waals surface area contributed by atoms with Gasteiger partial charge in [-0.25, -0.2) is 13.2 Å². The number of β-amino-alcohol motifs (C(OH)–C–C–N with tert-alkyl or cyclic N) is 1. The van der Waals surface area contributed by atoms with E-state index < -0.39 is 34.6 Å². The number of amides is 1. The van der Waals surface area contributed by atoms with Crippen molar-refractivity contribution in [3.8, 4) is 0 Å². The van der Waals surface area contributed by atoms with Crippen molar-refractivity contribution in [3.05, 3.63) is 56.9 Å². The third-order valence-electron chi connectivity index (χ3n) is 4.74. The largest absolute Gasteiger partial charge is 0.396 e. The standard InChI is InChI=1S/C20H21F3IN3O3/c21-14-4-3-13(18(17(14)23)26-16-5-2-12(24)8-15(16)22)19(29)27-10-20(30,11-27)9-25-6-1-7-28/h2-5,8,25-26,28,30H,1,6-7,9-11H2. The van der Waals surface area contributed by atoms with Crippen molar-refractivity contribution >= 4 is 39.9 Å². The van der Waals surface area contributed by atoms with Gasteiger partial charge in [0.25, 0.3) is 5.91 Å². The van der Waals surface area contributed by atoms with Gasteiger partial charge in [-0.15, -0.1) is 0 Å². The summed E-state index contributed by atoms with van der Waals surface area (Å²) < 4.78 is 43.1. The number of rotatable bonds is 8. The fourth-order valence-corrected chi connectivity index (χ4v) is 3.64. The Hall–Kier alpha value is -1.89. The van der Waals surface area contributed by atoms with Crippen molar-refractivity contribution in [3.63, 3.8) is 0 Å². The number of anilines is 2. The second-order valence-electron chi connectivity index (χ2n) is 7.17. The zero-order valence-corrected chi connectivity index (χ0v) is 18.0. The van der Waals surface area contributed by atoms with Crippen molar-refractivity contribution in [2.75, 3.05) is 38.1 Å². The normalized spacial score (nSPS) is 15.1. The van der Waals surface area contributed by atoms with Gasteiger partial charge in [-0.3, -0.25) is 4.79 Å². The van der Waals surface area contributed by atoms with E-state index >= 15 is 0 Å². The molecule has 0 saturated carbocycles. The molecule has 30 heavy (non-hydrogen) atoms. The van der Waals surface area contributed by atoms with Gasteiger partial charge in [0.1, 0.15) is 11.4 Å². The van der Waals surface area contributed by atoms with Crippen molar-refractivity contribution in [2.45, 2.75) is 12.0 Å². The van der Waals surface area contributed by atoms with Crippen molar-refractivity contribution in [1.82, 2.24) is 10.2 Å². The maximum absolute atomic E-state index is 14.5. The van der Waals surface area contributed by atoms with E-state index in [0.29, 0.717) is 16.5 Å². The van der Waals surface area contributed by atoms with Crippen LogP contribution in [0.1, 0.15) is 16.8 Å². The SMILES string of the molecule is O=C(c1ccc(F)c(F)c1Nc1ccc(I)cc1F)N1CC(O)(CNCCCO)C1. The zero-order valence-electron chi connectivity index (χ0n) is 15.9. The highest BCUT2D eigenvalue weighted by Gasteiger charge is 2.44. The van der Waals surface area contributed by atoms with Crippen LogP contribution in [0.3, 0.4) is 0 Å². The number of halogens is 4. The fourth-order valence-electron chi connectivity index (χ4n) is 3.19. The molecule has 0 radical (unpaired) electrons. The lowest BCUT2D eigenvalue weighted by atomic mass is 9.92. The number of hydrogen-bond donors (Lipinski definition) is 4. The van der Waals surface area contributed by atoms with Crippen LogP contribution in [0.2, 0.25) is 0 Å². The van der Waals surface area contributed by atoms with Crippen LogP contribution in [0.5, 0.6) is 0 Å². The Morgan fingerprint density at radius 3 is 2.57 bits per heavy atom. The van der Waals surface area contributed by atoms with Gasteiger partial charge < -0.3 is 25.7 Å². The van der Waals surface area contributed by atoms with E-state index in [2.05, 4.69) is 10.6 Å². The molecule has 6 nitrogen and oxygen atoms in total. The topological polar surface area (TPSA) is 84.8 Å². The number of likely N-dealkylation sites (tertiary alicyclic amines) is 1. The predicted octanol–water partition coefficient (Wildman–Crippen LogP) is 2.61. The summed E-state index contributed by atoms with van der Waals surface area (Å²) in [6.45, 7) is 0.796. The van der Waals surface area contributed by atoms with Gasteiger partial charge in [0.15, 0.2) is 11.6 Å². The number of carbonyl (C=O) groups excluding carboxylic acids is 1. The first-order valence-electron chi connectivity index (χ1n) is 9.27. The Labute approximate surface area is 185 Å². The summed E-state index contributed by atoms with van der Waals surface area (Å²) >= 11 is 1.92. The van der Waals surface area contributed by atoms with E-state index in [9.17, 15) is 23.1 Å². The second-order valence-corrected chi connectivity index (χ2v) is 8.42. The molecule has 1 fully saturated rings. The molecule has 162 valence electrons. The lowest BCUT2D eigenvalue weighted by molar-refractivity contribution is -0.0785. The highest BCUT2D eigenvalue weighted by Crippen LogP contribution is 2.31. The smallest absolute Gasteiger partial charge is 0.256 e. The van der Waals surface area contributed by atoms with Crippen molar-refractivity contribution in [2.24, 2.45) is 0 Å². The molecule has 4 N–H and O–H groups in total. The summed E-state index contributed by atoms with van der Waals surface area (Å²) in [7, 11) is 0. The highest BCUT2D eigenvalue weighted by molar-refractivity contribution is 14.1. The molecule has 2 aromatic rings. The molecule has 0 spiro atoms. The van der Waals surface area contributed by atoms with Gasteiger partial charge in [0.05, 0.1) is 30.0 Å². The van der Waals surface area contributed by atoms with Crippen LogP contribution in [-0.2, 0) is 0 Å². The molecule has 1 amide bonds. The first kappa shape index (κ1) is 22.8. The molecule has 10 heteroatoms. The molecule has 0 aromatic heterocycles. The van der Waals surface area contributed by atoms with Gasteiger partial charge in [-0.1, -0.05) is 0 Å². The molecule has 0 aliphatic carbocycles. The molecular formula is C20H21F3IN3O3. The minimum atomic E-state index is -1.29. The fraction of sp³-hybridized carbons (Fsp3) is 0.350. The summed E-state index contributed by atoms with van der Waals surface area (Å²) in [6.07, 6.45) is 0.539. The maximum atomic E-state index is 14.5. The first-order chi connectivity index (χ1) is 14.2. The quantitative estimate of drug-likeness (QED) is 0.309. The van der Waals surface area contributed by atoms with Gasteiger partial charge >= 0.3 is 0 Å². The molecule has 0 atom stereocenters. The van der Waals surface area contributed by atoms with Crippen LogP contribution >= 0.6 is 22.6 Å². The first-order valence-corrected chi connectivity index (χ1v) is 10.4. The third kappa shape index (κ3) is 5.05. The lowest BCUT2D eigenvalue weighted by Gasteiger charge is -2.46. The van der Waals surface area contributed by atoms with E-state index in [1.165, 1.54) is 17.0 Å². The van der Waals surface area contributed by atoms with Gasteiger partial charge in [-0.05, 0) is 65.9 Å². The predicted molar refractivity (Wildman–Crippen MR) is 114 cm³/mol. The Bertz CT molecular complexity index is 939. The number of carbonyl (C=O) groups is 1. The van der Waals surface area contributed by atoms with E-state index in [1.54, 1.807) is 6.07 Å². The Morgan fingerprint density at radius 1 is 1.17 bits per heavy atom. The number of benzene rings is 2. The van der Waals surface area contributed by atoms with Crippen LogP contribution in [0.15, 0.2) is 30.3 Å². The summed E-state index contributed by atoms with van der Waals surface area (Å²) in [6, 6.07) is 6.14. The Morgan fingerprint density at radius 2 is 1.90 bits per heavy atom. The average molecular weight is 535 g/mol. The number of nitrogens with one attached hydrogen (secondary N) is 2. The minimum Gasteiger partial charge on any atom is -0.396 e. The minimum absolute atomic E-state index is 0.00822. The van der Waals surface area contributed by atoms with Gasteiger partial charge in [0.2, 0.25) is 0 Å². The summed E-state index contributed by atoms with van der Waals surface area (Å²) in [5.41, 5.74) is -1.86. The van der Waals surface area contributed by atoms with Crippen LogP contribution in [0, 0.1) is 21.0 Å². The molecule has 0 unspecified atom stereocenters. The molecule has 1 aliphatic rings. The highest BCUT2D eigenvalue weighted by atomic mass is 127. The second kappa shape index (κ2) is 9.50. The monoisotopic (exact) mass is 535 g/mol. The van der Waals surface area contributed by atoms with Gasteiger partial charge in [-0.2, -0.15) is 0 Å². The summed E-state index contributed by atoms with van der Waals surface area (Å²) in [5, 5.41) is 24.7. The maximum Gasteiger partial charge on any atom is 0.256 e. The third-order valence-corrected chi connectivity index (χ3v) is 5.41. The van der Waals surface area contributed by atoms with E-state index in [1.807, 2.05) is 22.6 Å². The van der Waals surface area contributed by atoms with E-state index in [4.69, 9.17) is 5.11 Å². The van der Waals surface area contributed by atoms with Crippen molar-refractivity contribution < 1.29 is 28.2 Å². The summed E-state index contributed by atoms with van der Waals surface area (Å²) in [4.78, 5) is 14.1. The van der Waals surface area contributed by atoms with E-state index in [0.717, 1.165) is 12.1 Å². The Kier molecular flexibility index (Phi) is 7.22. The number of hydrogen-bond acceptors (Lipinski definition) is 5. The molecule has 1 aliphatic heterocycles. The van der Waals surface area contributed by atoms with Crippen molar-refractivity contribution in [1.29, 1.82) is 0 Å². The van der Waals surface area contributed by atoms with Crippen LogP contribution < -0.4 is 10.6 Å². The molecule has 1 saturated heterocycles. The molecular weight excluding hydrogens is 514 g/mol. The number of aliphatic hydroxyl groups is 2. The van der Waals surface area contributed by atoms with Gasteiger partial charge in [0, 0.05) is 16.7 Å². The molecule has 1 heterocycles. The Balaban J connectivity index is 1.76.